The number of carbonyl (C=O) groups excluding carboxylic acids is 1. The summed E-state index contributed by atoms with van der Waals surface area (Å²) in [7, 11) is 1.62. The van der Waals surface area contributed by atoms with Crippen LogP contribution in [0, 0.1) is 6.92 Å². The second kappa shape index (κ2) is 9.80. The van der Waals surface area contributed by atoms with Gasteiger partial charge in [0.2, 0.25) is 5.91 Å². The van der Waals surface area contributed by atoms with E-state index in [4.69, 9.17) is 14.5 Å². The molecule has 0 saturated carbocycles. The number of benzene rings is 3. The molecule has 1 saturated heterocycles. The van der Waals surface area contributed by atoms with Gasteiger partial charge >= 0.3 is 0 Å². The lowest BCUT2D eigenvalue weighted by Crippen LogP contribution is -2.26. The van der Waals surface area contributed by atoms with Crippen LogP contribution in [0.4, 0.5) is 5.69 Å². The van der Waals surface area contributed by atoms with Gasteiger partial charge in [-0.05, 0) is 42.8 Å². The van der Waals surface area contributed by atoms with Crippen LogP contribution in [0.3, 0.4) is 0 Å². The predicted molar refractivity (Wildman–Crippen MR) is 135 cm³/mol. The van der Waals surface area contributed by atoms with Crippen molar-refractivity contribution in [2.45, 2.75) is 31.9 Å². The van der Waals surface area contributed by atoms with E-state index in [0.717, 1.165) is 33.9 Å². The van der Waals surface area contributed by atoms with Crippen LogP contribution < -0.4 is 14.4 Å². The van der Waals surface area contributed by atoms with Crippen LogP contribution in [0.2, 0.25) is 0 Å². The van der Waals surface area contributed by atoms with Crippen molar-refractivity contribution in [1.82, 2.24) is 9.55 Å². The van der Waals surface area contributed by atoms with Crippen molar-refractivity contribution < 1.29 is 19.4 Å². The van der Waals surface area contributed by atoms with Crippen LogP contribution in [0.15, 0.2) is 72.8 Å². The topological polar surface area (TPSA) is 76.8 Å². The molecule has 4 aromatic rings. The fraction of sp³-hybridized carbons (Fsp3) is 0.286. The number of ether oxygens (including phenoxy) is 2. The predicted octanol–water partition coefficient (Wildman–Crippen LogP) is 4.31. The number of nitrogens with zero attached hydrogens (tertiary/aromatic N) is 3. The fourth-order valence-electron chi connectivity index (χ4n) is 4.67. The highest BCUT2D eigenvalue weighted by Crippen LogP contribution is 2.34. The van der Waals surface area contributed by atoms with E-state index in [1.54, 1.807) is 12.0 Å². The number of methoxy groups -OCH3 is 1. The number of aliphatic hydroxyl groups excluding tert-OH is 1. The number of anilines is 1. The van der Waals surface area contributed by atoms with E-state index in [1.807, 2.05) is 84.3 Å². The van der Waals surface area contributed by atoms with Gasteiger partial charge in [-0.25, -0.2) is 4.98 Å². The minimum atomic E-state index is -0.738. The molecule has 2 unspecified atom stereocenters. The number of carbonyl (C=O) groups is 1. The summed E-state index contributed by atoms with van der Waals surface area (Å²) >= 11 is 0. The summed E-state index contributed by atoms with van der Waals surface area (Å²) in [6, 6.07) is 23.2. The number of fused-ring (bicyclic) bond motifs is 1. The molecule has 0 spiro atoms. The van der Waals surface area contributed by atoms with Gasteiger partial charge in [0.1, 0.15) is 30.0 Å². The third kappa shape index (κ3) is 4.72. The first-order valence-corrected chi connectivity index (χ1v) is 11.8. The minimum Gasteiger partial charge on any atom is -0.497 e. The molecule has 1 aromatic heterocycles. The van der Waals surface area contributed by atoms with Crippen molar-refractivity contribution in [3.8, 4) is 11.5 Å². The highest BCUT2D eigenvalue weighted by molar-refractivity contribution is 5.96. The fourth-order valence-corrected chi connectivity index (χ4v) is 4.67. The van der Waals surface area contributed by atoms with E-state index in [0.29, 0.717) is 25.3 Å². The Morgan fingerprint density at radius 2 is 1.89 bits per heavy atom. The number of para-hydroxylation sites is 3. The highest BCUT2D eigenvalue weighted by atomic mass is 16.5. The molecule has 2 heterocycles. The Kier molecular flexibility index (Phi) is 6.42. The average Bonchev–Trinajstić information content (AvgIpc) is 3.44. The van der Waals surface area contributed by atoms with E-state index in [2.05, 4.69) is 0 Å². The smallest absolute Gasteiger partial charge is 0.227 e. The van der Waals surface area contributed by atoms with E-state index in [-0.39, 0.29) is 18.4 Å². The second-order valence-corrected chi connectivity index (χ2v) is 8.91. The number of rotatable bonds is 8. The molecule has 1 aliphatic heterocycles. The van der Waals surface area contributed by atoms with Gasteiger partial charge in [0, 0.05) is 30.6 Å². The molecule has 1 N–H and O–H groups in total. The molecular formula is C28H29N3O4. The van der Waals surface area contributed by atoms with Crippen LogP contribution in [-0.2, 0) is 11.3 Å². The zero-order valence-corrected chi connectivity index (χ0v) is 19.9. The summed E-state index contributed by atoms with van der Waals surface area (Å²) in [4.78, 5) is 19.6. The molecular weight excluding hydrogens is 442 g/mol. The molecule has 35 heavy (non-hydrogen) atoms. The Hall–Kier alpha value is -3.84. The van der Waals surface area contributed by atoms with Gasteiger partial charge < -0.3 is 24.0 Å². The largest absolute Gasteiger partial charge is 0.497 e. The van der Waals surface area contributed by atoms with Gasteiger partial charge in [0.25, 0.3) is 0 Å². The minimum absolute atomic E-state index is 0.0466. The number of aryl methyl sites for hydroxylation is 1. The van der Waals surface area contributed by atoms with Crippen LogP contribution in [0.5, 0.6) is 11.5 Å². The lowest BCUT2D eigenvalue weighted by Gasteiger charge is -2.19. The maximum absolute atomic E-state index is 13.0. The molecule has 1 aliphatic rings. The summed E-state index contributed by atoms with van der Waals surface area (Å²) in [5.74, 6) is 2.23. The Bertz CT molecular complexity index is 1350. The summed E-state index contributed by atoms with van der Waals surface area (Å²) < 4.78 is 13.2. The van der Waals surface area contributed by atoms with Crippen LogP contribution in [-0.4, -0.2) is 46.9 Å². The summed E-state index contributed by atoms with van der Waals surface area (Å²) in [6.07, 6.45) is -0.381. The molecule has 7 nitrogen and oxygen atoms in total. The van der Waals surface area contributed by atoms with Crippen LogP contribution in [0.25, 0.3) is 11.0 Å². The van der Waals surface area contributed by atoms with E-state index < -0.39 is 6.10 Å². The van der Waals surface area contributed by atoms with Crippen molar-refractivity contribution in [2.75, 3.05) is 25.2 Å². The number of amides is 1. The van der Waals surface area contributed by atoms with Crippen molar-refractivity contribution >= 4 is 22.6 Å². The summed E-state index contributed by atoms with van der Waals surface area (Å²) in [5, 5.41) is 10.9. The van der Waals surface area contributed by atoms with E-state index in [9.17, 15) is 9.90 Å². The average molecular weight is 472 g/mol. The normalized spacial score (nSPS) is 16.6. The molecule has 180 valence electrons. The molecule has 2 atom stereocenters. The highest BCUT2D eigenvalue weighted by Gasteiger charge is 2.35. The number of aliphatic hydroxyl groups is 1. The number of imidazole rings is 1. The van der Waals surface area contributed by atoms with Gasteiger partial charge in [0.15, 0.2) is 0 Å². The van der Waals surface area contributed by atoms with Crippen molar-refractivity contribution in [1.29, 1.82) is 0 Å². The van der Waals surface area contributed by atoms with E-state index in [1.165, 1.54) is 0 Å². The third-order valence-corrected chi connectivity index (χ3v) is 6.46. The molecule has 7 heteroatoms. The zero-order valence-electron chi connectivity index (χ0n) is 19.9. The maximum Gasteiger partial charge on any atom is 0.227 e. The lowest BCUT2D eigenvalue weighted by molar-refractivity contribution is -0.117. The second-order valence-electron chi connectivity index (χ2n) is 8.91. The molecule has 0 bridgehead atoms. The van der Waals surface area contributed by atoms with Gasteiger partial charge in [-0.2, -0.15) is 0 Å². The first-order valence-electron chi connectivity index (χ1n) is 11.8. The number of aromatic nitrogens is 2. The van der Waals surface area contributed by atoms with Gasteiger partial charge in [0.05, 0.1) is 24.7 Å². The number of hydrogen-bond donors (Lipinski definition) is 1. The van der Waals surface area contributed by atoms with Crippen molar-refractivity contribution in [3.05, 3.63) is 84.2 Å². The zero-order chi connectivity index (χ0) is 24.4. The SMILES string of the molecule is COc1cccc(N2CC(c3nc4ccccc4n3CC(O)COc3ccccc3C)CC2=O)c1. The third-order valence-electron chi connectivity index (χ3n) is 6.46. The quantitative estimate of drug-likeness (QED) is 0.414. The van der Waals surface area contributed by atoms with Crippen LogP contribution in [0.1, 0.15) is 23.7 Å². The monoisotopic (exact) mass is 471 g/mol. The van der Waals surface area contributed by atoms with Gasteiger partial charge in [-0.1, -0.05) is 36.4 Å². The van der Waals surface area contributed by atoms with Crippen molar-refractivity contribution in [2.24, 2.45) is 0 Å². The van der Waals surface area contributed by atoms with Gasteiger partial charge in [-0.15, -0.1) is 0 Å². The Balaban J connectivity index is 1.39. The molecule has 0 radical (unpaired) electrons. The van der Waals surface area contributed by atoms with Crippen LogP contribution >= 0.6 is 0 Å². The Morgan fingerprint density at radius 3 is 2.71 bits per heavy atom. The lowest BCUT2D eigenvalue weighted by atomic mass is 10.1. The standard InChI is InChI=1S/C28H29N3O4/c1-19-8-3-6-13-26(19)35-18-22(32)17-31-25-12-5-4-11-24(25)29-28(31)20-14-27(33)30(16-20)21-9-7-10-23(15-21)34-2/h3-13,15,20,22,32H,14,16-18H2,1-2H3. The molecule has 5 rings (SSSR count). The molecule has 0 aliphatic carbocycles. The molecule has 1 amide bonds. The summed E-state index contributed by atoms with van der Waals surface area (Å²) in [5.41, 5.74) is 3.62. The number of hydrogen-bond acceptors (Lipinski definition) is 5. The van der Waals surface area contributed by atoms with Gasteiger partial charge in [-0.3, -0.25) is 4.79 Å². The van der Waals surface area contributed by atoms with Crippen molar-refractivity contribution in [3.63, 3.8) is 0 Å². The first-order chi connectivity index (χ1) is 17.0. The molecule has 1 fully saturated rings. The van der Waals surface area contributed by atoms with E-state index >= 15 is 0 Å². The molecule has 3 aromatic carbocycles. The Morgan fingerprint density at radius 1 is 1.09 bits per heavy atom. The first kappa shape index (κ1) is 22.9. The maximum atomic E-state index is 13.0. The summed E-state index contributed by atoms with van der Waals surface area (Å²) in [6.45, 7) is 2.99. The Labute approximate surface area is 204 Å².